The lowest BCUT2D eigenvalue weighted by molar-refractivity contribution is -0.137. The highest BCUT2D eigenvalue weighted by Gasteiger charge is 2.34. The summed E-state index contributed by atoms with van der Waals surface area (Å²) in [6.45, 7) is 6.20. The molecule has 27 heavy (non-hydrogen) atoms. The number of carbonyl (C=O) groups is 1. The zero-order valence-electron chi connectivity index (χ0n) is 15.6. The van der Waals surface area contributed by atoms with Gasteiger partial charge in [0.15, 0.2) is 0 Å². The van der Waals surface area contributed by atoms with Crippen molar-refractivity contribution < 1.29 is 18.0 Å². The Morgan fingerprint density at radius 3 is 2.26 bits per heavy atom. The highest BCUT2D eigenvalue weighted by atomic mass is 19.4. The topological polar surface area (TPSA) is 32.3 Å². The Morgan fingerprint density at radius 1 is 1.04 bits per heavy atom. The highest BCUT2D eigenvalue weighted by Crippen LogP contribution is 2.37. The summed E-state index contributed by atoms with van der Waals surface area (Å²) in [6, 6.07) is 12.2. The lowest BCUT2D eigenvalue weighted by Crippen LogP contribution is -2.51. The zero-order valence-corrected chi connectivity index (χ0v) is 15.6. The van der Waals surface area contributed by atoms with E-state index in [1.54, 1.807) is 4.90 Å². The Balaban J connectivity index is 2.02. The molecule has 0 aromatic heterocycles. The molecule has 1 N–H and O–H groups in total. The van der Waals surface area contributed by atoms with Crippen LogP contribution in [0, 0.1) is 0 Å². The van der Waals surface area contributed by atoms with E-state index < -0.39 is 23.3 Å². The van der Waals surface area contributed by atoms with Crippen LogP contribution in [0.2, 0.25) is 0 Å². The first kappa shape index (κ1) is 19.3. The van der Waals surface area contributed by atoms with Crippen LogP contribution in [0.4, 0.5) is 18.0 Å². The smallest absolute Gasteiger partial charge is 0.333 e. The van der Waals surface area contributed by atoms with Crippen LogP contribution >= 0.6 is 0 Å². The molecule has 3 rings (SSSR count). The summed E-state index contributed by atoms with van der Waals surface area (Å²) in [7, 11) is 0. The standard InChI is InChI=1S/C21H23F3N2O/c1-20(2,3)25-19(27)26-13-12-14-6-4-5-7-17(14)18(26)15-8-10-16(11-9-15)21(22,23)24/h4-11,18H,12-13H2,1-3H3,(H,25,27)/t18-/m0/s1. The fourth-order valence-corrected chi connectivity index (χ4v) is 3.39. The van der Waals surface area contributed by atoms with E-state index in [2.05, 4.69) is 5.32 Å². The largest absolute Gasteiger partial charge is 0.416 e. The molecule has 1 aliphatic rings. The van der Waals surface area contributed by atoms with Crippen molar-refractivity contribution in [1.82, 2.24) is 10.2 Å². The number of fused-ring (bicyclic) bond motifs is 1. The summed E-state index contributed by atoms with van der Waals surface area (Å²) in [5.74, 6) is 0. The fraction of sp³-hybridized carbons (Fsp3) is 0.381. The molecule has 2 aromatic carbocycles. The maximum absolute atomic E-state index is 12.9. The first-order valence-corrected chi connectivity index (χ1v) is 8.90. The third-order valence-corrected chi connectivity index (χ3v) is 4.58. The van der Waals surface area contributed by atoms with Crippen molar-refractivity contribution in [2.45, 2.75) is 44.9 Å². The van der Waals surface area contributed by atoms with E-state index in [0.717, 1.165) is 23.3 Å². The average Bonchev–Trinajstić information content (AvgIpc) is 2.58. The molecule has 0 saturated heterocycles. The van der Waals surface area contributed by atoms with Crippen LogP contribution in [-0.2, 0) is 12.6 Å². The van der Waals surface area contributed by atoms with Gasteiger partial charge in [-0.1, -0.05) is 36.4 Å². The van der Waals surface area contributed by atoms with Crippen molar-refractivity contribution >= 4 is 6.03 Å². The minimum Gasteiger partial charge on any atom is -0.333 e. The van der Waals surface area contributed by atoms with Crippen LogP contribution in [0.15, 0.2) is 48.5 Å². The Kier molecular flexibility index (Phi) is 4.93. The number of alkyl halides is 3. The van der Waals surface area contributed by atoms with Crippen molar-refractivity contribution in [3.8, 4) is 0 Å². The average molecular weight is 376 g/mol. The van der Waals surface area contributed by atoms with E-state index in [9.17, 15) is 18.0 Å². The molecule has 2 amide bonds. The van der Waals surface area contributed by atoms with E-state index in [1.165, 1.54) is 12.1 Å². The summed E-state index contributed by atoms with van der Waals surface area (Å²) < 4.78 is 38.8. The van der Waals surface area contributed by atoms with Gasteiger partial charge in [-0.2, -0.15) is 13.2 Å². The molecule has 0 unspecified atom stereocenters. The van der Waals surface area contributed by atoms with E-state index in [1.807, 2.05) is 45.0 Å². The number of rotatable bonds is 1. The minimum atomic E-state index is -4.38. The predicted octanol–water partition coefficient (Wildman–Crippen LogP) is 5.16. The molecule has 1 aliphatic heterocycles. The fourth-order valence-electron chi connectivity index (χ4n) is 3.39. The molecule has 1 atom stereocenters. The molecule has 6 heteroatoms. The van der Waals surface area contributed by atoms with Gasteiger partial charge in [0.1, 0.15) is 0 Å². The van der Waals surface area contributed by atoms with Crippen molar-refractivity contribution in [2.75, 3.05) is 6.54 Å². The predicted molar refractivity (Wildman–Crippen MR) is 98.4 cm³/mol. The summed E-state index contributed by atoms with van der Waals surface area (Å²) in [4.78, 5) is 14.6. The summed E-state index contributed by atoms with van der Waals surface area (Å²) in [5.41, 5.74) is 1.63. The van der Waals surface area contributed by atoms with Gasteiger partial charge in [-0.25, -0.2) is 4.79 Å². The quantitative estimate of drug-likeness (QED) is 0.732. The number of nitrogens with zero attached hydrogens (tertiary/aromatic N) is 1. The van der Waals surface area contributed by atoms with Gasteiger partial charge in [0.2, 0.25) is 0 Å². The maximum Gasteiger partial charge on any atom is 0.416 e. The molecule has 0 saturated carbocycles. The summed E-state index contributed by atoms with van der Waals surface area (Å²) >= 11 is 0. The second-order valence-corrected chi connectivity index (χ2v) is 7.84. The number of urea groups is 1. The third-order valence-electron chi connectivity index (χ3n) is 4.58. The second kappa shape index (κ2) is 6.91. The van der Waals surface area contributed by atoms with Crippen LogP contribution in [0.5, 0.6) is 0 Å². The molecule has 3 nitrogen and oxygen atoms in total. The first-order chi connectivity index (χ1) is 12.6. The normalized spacial score (nSPS) is 17.4. The molecule has 0 fully saturated rings. The molecule has 2 aromatic rings. The molecular weight excluding hydrogens is 353 g/mol. The van der Waals surface area contributed by atoms with Crippen molar-refractivity contribution in [1.29, 1.82) is 0 Å². The molecule has 0 bridgehead atoms. The van der Waals surface area contributed by atoms with Crippen LogP contribution in [0.25, 0.3) is 0 Å². The number of nitrogens with one attached hydrogen (secondary N) is 1. The van der Waals surface area contributed by atoms with Gasteiger partial charge in [-0.3, -0.25) is 0 Å². The number of benzene rings is 2. The van der Waals surface area contributed by atoms with E-state index >= 15 is 0 Å². The van der Waals surface area contributed by atoms with Crippen LogP contribution in [0.3, 0.4) is 0 Å². The lowest BCUT2D eigenvalue weighted by Gasteiger charge is -2.39. The van der Waals surface area contributed by atoms with E-state index in [4.69, 9.17) is 0 Å². The number of hydrogen-bond donors (Lipinski definition) is 1. The molecular formula is C21H23F3N2O. The van der Waals surface area contributed by atoms with Gasteiger partial charge < -0.3 is 10.2 Å². The monoisotopic (exact) mass is 376 g/mol. The number of hydrogen-bond acceptors (Lipinski definition) is 1. The molecule has 0 aliphatic carbocycles. The van der Waals surface area contributed by atoms with Crippen molar-refractivity contribution in [2.24, 2.45) is 0 Å². The van der Waals surface area contributed by atoms with Crippen LogP contribution in [-0.4, -0.2) is 23.0 Å². The van der Waals surface area contributed by atoms with Crippen molar-refractivity contribution in [3.05, 3.63) is 70.8 Å². The third kappa shape index (κ3) is 4.26. The number of halogens is 3. The van der Waals surface area contributed by atoms with Crippen LogP contribution < -0.4 is 5.32 Å². The molecule has 0 radical (unpaired) electrons. The summed E-state index contributed by atoms with van der Waals surface area (Å²) in [6.07, 6.45) is -3.67. The van der Waals surface area contributed by atoms with Gasteiger partial charge in [-0.05, 0) is 56.0 Å². The first-order valence-electron chi connectivity index (χ1n) is 8.90. The molecule has 144 valence electrons. The van der Waals surface area contributed by atoms with Gasteiger partial charge in [0.05, 0.1) is 11.6 Å². The van der Waals surface area contributed by atoms with Gasteiger partial charge in [0, 0.05) is 12.1 Å². The summed E-state index contributed by atoms with van der Waals surface area (Å²) in [5, 5.41) is 2.96. The Hall–Kier alpha value is -2.50. The minimum absolute atomic E-state index is 0.220. The maximum atomic E-state index is 12.9. The molecule has 1 heterocycles. The number of amides is 2. The SMILES string of the molecule is CC(C)(C)NC(=O)N1CCc2ccccc2[C@@H]1c1ccc(C(F)(F)F)cc1. The Labute approximate surface area is 157 Å². The van der Waals surface area contributed by atoms with E-state index in [0.29, 0.717) is 18.5 Å². The van der Waals surface area contributed by atoms with Gasteiger partial charge >= 0.3 is 12.2 Å². The highest BCUT2D eigenvalue weighted by molar-refractivity contribution is 5.76. The van der Waals surface area contributed by atoms with Crippen molar-refractivity contribution in [3.63, 3.8) is 0 Å². The van der Waals surface area contributed by atoms with Gasteiger partial charge in [-0.15, -0.1) is 0 Å². The second-order valence-electron chi connectivity index (χ2n) is 7.84. The Bertz CT molecular complexity index is 823. The Morgan fingerprint density at radius 2 is 1.67 bits per heavy atom. The molecule has 0 spiro atoms. The van der Waals surface area contributed by atoms with E-state index in [-0.39, 0.29) is 6.03 Å². The van der Waals surface area contributed by atoms with Gasteiger partial charge in [0.25, 0.3) is 0 Å². The lowest BCUT2D eigenvalue weighted by atomic mass is 9.88. The number of carbonyl (C=O) groups excluding carboxylic acids is 1. The van der Waals surface area contributed by atoms with Crippen LogP contribution in [0.1, 0.15) is 49.1 Å². The zero-order chi connectivity index (χ0) is 19.8.